The normalized spacial score (nSPS) is 19.9. The molecule has 9 nitrogen and oxygen atoms in total. The third-order valence-electron chi connectivity index (χ3n) is 7.22. The number of carbonyl (C=O) groups excluding carboxylic acids is 1. The average Bonchev–Trinajstić information content (AvgIpc) is 3.40. The van der Waals surface area contributed by atoms with Crippen molar-refractivity contribution in [1.82, 2.24) is 19.1 Å². The molecule has 14 heteroatoms. The Balaban J connectivity index is 1.60. The molecule has 1 aliphatic heterocycles. The summed E-state index contributed by atoms with van der Waals surface area (Å²) in [4.78, 5) is 18.0. The minimum atomic E-state index is -4.73. The quantitative estimate of drug-likeness (QED) is 0.237. The molecule has 2 N–H and O–H groups in total. The van der Waals surface area contributed by atoms with E-state index in [9.17, 15) is 30.8 Å². The highest BCUT2D eigenvalue weighted by molar-refractivity contribution is 7.89. The Kier molecular flexibility index (Phi) is 7.15. The number of anilines is 1. The van der Waals surface area contributed by atoms with Gasteiger partial charge in [0.05, 0.1) is 17.2 Å². The van der Waals surface area contributed by atoms with Crippen LogP contribution in [0.2, 0.25) is 0 Å². The van der Waals surface area contributed by atoms with Crippen LogP contribution in [-0.4, -0.2) is 52.6 Å². The number of piperidine rings is 1. The van der Waals surface area contributed by atoms with E-state index in [4.69, 9.17) is 5.41 Å². The fraction of sp³-hybridized carbons (Fsp3) is 0.259. The van der Waals surface area contributed by atoms with Crippen LogP contribution in [0.1, 0.15) is 28.9 Å². The van der Waals surface area contributed by atoms with Gasteiger partial charge in [-0.1, -0.05) is 5.57 Å². The first-order valence-corrected chi connectivity index (χ1v) is 13.8. The van der Waals surface area contributed by atoms with E-state index in [0.717, 1.165) is 22.8 Å². The summed E-state index contributed by atoms with van der Waals surface area (Å²) in [6.07, 6.45) is 1.19. The lowest BCUT2D eigenvalue weighted by atomic mass is 9.65. The van der Waals surface area contributed by atoms with Crippen LogP contribution in [0.5, 0.6) is 0 Å². The first kappa shape index (κ1) is 28.4. The number of hydrogen-bond acceptors (Lipinski definition) is 7. The van der Waals surface area contributed by atoms with Gasteiger partial charge in [-0.15, -0.1) is 0 Å². The number of ketones is 1. The highest BCUT2D eigenvalue weighted by atomic mass is 32.2. The standard InChI is InChI=1S/C27H24F4N6O3S/c1-36-15-22(14-34-36)41(39,40)37-9-7-18-10-23(35-21-4-2-20(28)3-5-21)17(13-32)12-26(18,16-37)25(38)24-11-19(6-8-33-24)27(29,30)31/h2-6,8,10-11,13-15,32,35H,7,9,12,16H2,1H3/t26-/m0/s1. The number of rotatable bonds is 7. The Morgan fingerprint density at radius 3 is 2.56 bits per heavy atom. The van der Waals surface area contributed by atoms with Crippen molar-refractivity contribution in [2.45, 2.75) is 23.9 Å². The molecule has 1 fully saturated rings. The molecule has 1 aromatic carbocycles. The van der Waals surface area contributed by atoms with E-state index >= 15 is 0 Å². The van der Waals surface area contributed by atoms with E-state index in [1.165, 1.54) is 41.3 Å². The van der Waals surface area contributed by atoms with Gasteiger partial charge < -0.3 is 10.7 Å². The average molecular weight is 589 g/mol. The van der Waals surface area contributed by atoms with Gasteiger partial charge in [-0.05, 0) is 60.9 Å². The van der Waals surface area contributed by atoms with Gasteiger partial charge in [0.2, 0.25) is 10.0 Å². The molecular formula is C27H24F4N6O3S. The summed E-state index contributed by atoms with van der Waals surface area (Å²) >= 11 is 0. The Morgan fingerprint density at radius 1 is 1.20 bits per heavy atom. The number of benzene rings is 1. The molecule has 1 saturated heterocycles. The lowest BCUT2D eigenvalue weighted by molar-refractivity contribution is -0.137. The number of hydrogen-bond donors (Lipinski definition) is 2. The number of nitrogens with one attached hydrogen (secondary N) is 2. The van der Waals surface area contributed by atoms with Gasteiger partial charge in [0, 0.05) is 50.1 Å². The number of allylic oxidation sites excluding steroid dienone is 2. The summed E-state index contributed by atoms with van der Waals surface area (Å²) in [6.45, 7) is -0.383. The lowest BCUT2D eigenvalue weighted by Crippen LogP contribution is -2.52. The largest absolute Gasteiger partial charge is 0.416 e. The minimum absolute atomic E-state index is 0.00212. The molecule has 0 saturated carbocycles. The summed E-state index contributed by atoms with van der Waals surface area (Å²) in [7, 11) is -2.57. The smallest absolute Gasteiger partial charge is 0.355 e. The summed E-state index contributed by atoms with van der Waals surface area (Å²) in [5.74, 6) is -1.24. The van der Waals surface area contributed by atoms with Crippen molar-refractivity contribution in [1.29, 1.82) is 5.41 Å². The van der Waals surface area contributed by atoms with E-state index in [-0.39, 0.29) is 30.8 Å². The van der Waals surface area contributed by atoms with Gasteiger partial charge in [-0.25, -0.2) is 12.8 Å². The van der Waals surface area contributed by atoms with Crippen LogP contribution in [0.15, 0.2) is 82.8 Å². The summed E-state index contributed by atoms with van der Waals surface area (Å²) < 4.78 is 83.4. The molecule has 1 atom stereocenters. The van der Waals surface area contributed by atoms with E-state index in [2.05, 4.69) is 15.4 Å². The predicted molar refractivity (Wildman–Crippen MR) is 141 cm³/mol. The number of carbonyl (C=O) groups is 1. The third-order valence-corrected chi connectivity index (χ3v) is 9.02. The SMILES string of the molecule is Cn1cc(S(=O)(=O)N2CCC3=CC(Nc4ccc(F)cc4)=C(C=N)C[C@]3(C(=O)c3cc(C(F)(F)F)ccn3)C2)cn1. The van der Waals surface area contributed by atoms with Crippen LogP contribution >= 0.6 is 0 Å². The zero-order valence-electron chi connectivity index (χ0n) is 21.6. The monoisotopic (exact) mass is 588 g/mol. The Labute approximate surface area is 232 Å². The topological polar surface area (TPSA) is 121 Å². The number of nitrogens with zero attached hydrogens (tertiary/aromatic N) is 4. The van der Waals surface area contributed by atoms with E-state index in [0.29, 0.717) is 28.6 Å². The first-order chi connectivity index (χ1) is 19.3. The maximum absolute atomic E-state index is 14.1. The van der Waals surface area contributed by atoms with Crippen molar-refractivity contribution < 1.29 is 30.8 Å². The van der Waals surface area contributed by atoms with Gasteiger partial charge in [0.1, 0.15) is 16.4 Å². The maximum Gasteiger partial charge on any atom is 0.416 e. The number of alkyl halides is 3. The molecule has 3 heterocycles. The third kappa shape index (κ3) is 5.32. The van der Waals surface area contributed by atoms with Crippen LogP contribution in [0.3, 0.4) is 0 Å². The zero-order chi connectivity index (χ0) is 29.6. The van der Waals surface area contributed by atoms with E-state index < -0.39 is 44.5 Å². The van der Waals surface area contributed by atoms with Crippen LogP contribution in [0.4, 0.5) is 23.2 Å². The van der Waals surface area contributed by atoms with Gasteiger partial charge >= 0.3 is 6.18 Å². The van der Waals surface area contributed by atoms with Crippen molar-refractivity contribution in [2.75, 3.05) is 18.4 Å². The second-order valence-corrected chi connectivity index (χ2v) is 11.8. The van der Waals surface area contributed by atoms with Crippen molar-refractivity contribution >= 4 is 27.7 Å². The van der Waals surface area contributed by atoms with Crippen LogP contribution < -0.4 is 5.32 Å². The molecule has 2 aliphatic rings. The van der Waals surface area contributed by atoms with Gasteiger partial charge in [-0.2, -0.15) is 22.6 Å². The fourth-order valence-electron chi connectivity index (χ4n) is 5.13. The highest BCUT2D eigenvalue weighted by Crippen LogP contribution is 2.48. The number of halogens is 4. The van der Waals surface area contributed by atoms with Crippen molar-refractivity contribution in [3.05, 3.63) is 95.0 Å². The number of aromatic nitrogens is 3. The lowest BCUT2D eigenvalue weighted by Gasteiger charge is -2.45. The minimum Gasteiger partial charge on any atom is -0.355 e. The van der Waals surface area contributed by atoms with Crippen molar-refractivity contribution in [2.24, 2.45) is 12.5 Å². The molecule has 214 valence electrons. The number of sulfonamides is 1. The molecule has 0 unspecified atom stereocenters. The molecule has 5 rings (SSSR count). The molecule has 1 aliphatic carbocycles. The molecule has 3 aromatic rings. The summed E-state index contributed by atoms with van der Waals surface area (Å²) in [5, 5.41) is 15.1. The van der Waals surface area contributed by atoms with Crippen LogP contribution in [0, 0.1) is 16.6 Å². The van der Waals surface area contributed by atoms with Gasteiger partial charge in [0.15, 0.2) is 5.78 Å². The van der Waals surface area contributed by atoms with Crippen LogP contribution in [0.25, 0.3) is 0 Å². The molecular weight excluding hydrogens is 564 g/mol. The number of pyridine rings is 1. The zero-order valence-corrected chi connectivity index (χ0v) is 22.4. The summed E-state index contributed by atoms with van der Waals surface area (Å²) in [5.41, 5.74) is -1.44. The Morgan fingerprint density at radius 2 is 1.93 bits per heavy atom. The molecule has 2 aromatic heterocycles. The van der Waals surface area contributed by atoms with Gasteiger partial charge in [-0.3, -0.25) is 14.5 Å². The number of aryl methyl sites for hydroxylation is 1. The first-order valence-electron chi connectivity index (χ1n) is 12.4. The number of fused-ring (bicyclic) bond motifs is 1. The molecule has 41 heavy (non-hydrogen) atoms. The highest BCUT2D eigenvalue weighted by Gasteiger charge is 2.51. The van der Waals surface area contributed by atoms with Crippen molar-refractivity contribution in [3.63, 3.8) is 0 Å². The van der Waals surface area contributed by atoms with E-state index in [1.54, 1.807) is 13.1 Å². The Hall–Kier alpha value is -4.17. The van der Waals surface area contributed by atoms with Gasteiger partial charge in [0.25, 0.3) is 0 Å². The fourth-order valence-corrected chi connectivity index (χ4v) is 6.61. The maximum atomic E-state index is 14.1. The second-order valence-electron chi connectivity index (χ2n) is 9.84. The number of Topliss-reactive ketones (excluding diaryl/α,β-unsaturated/α-hetero) is 1. The molecule has 0 amide bonds. The molecule has 0 radical (unpaired) electrons. The Bertz CT molecular complexity index is 1700. The predicted octanol–water partition coefficient (Wildman–Crippen LogP) is 4.58. The molecule has 0 bridgehead atoms. The summed E-state index contributed by atoms with van der Waals surface area (Å²) in [6, 6.07) is 6.88. The van der Waals surface area contributed by atoms with Crippen LogP contribution in [-0.2, 0) is 23.2 Å². The second kappa shape index (κ2) is 10.3. The van der Waals surface area contributed by atoms with E-state index in [1.807, 2.05) is 0 Å². The van der Waals surface area contributed by atoms with Crippen molar-refractivity contribution in [3.8, 4) is 0 Å². The molecule has 0 spiro atoms.